The summed E-state index contributed by atoms with van der Waals surface area (Å²) in [6, 6.07) is 11.3. The summed E-state index contributed by atoms with van der Waals surface area (Å²) < 4.78 is 141. The van der Waals surface area contributed by atoms with E-state index < -0.39 is 74.5 Å². The van der Waals surface area contributed by atoms with Crippen molar-refractivity contribution in [3.8, 4) is 34.5 Å². The molecule has 236 valence electrons. The summed E-state index contributed by atoms with van der Waals surface area (Å²) in [6.07, 6.45) is -3.93. The zero-order valence-corrected chi connectivity index (χ0v) is 24.0. The van der Waals surface area contributed by atoms with Crippen LogP contribution in [0.1, 0.15) is 35.6 Å². The average molecular weight is 645 g/mol. The van der Waals surface area contributed by atoms with Crippen molar-refractivity contribution in [2.45, 2.75) is 26.4 Å². The third kappa shape index (κ3) is 6.47. The summed E-state index contributed by atoms with van der Waals surface area (Å²) in [5, 5.41) is -1.73. The Kier molecular flexibility index (Phi) is 8.92. The minimum absolute atomic E-state index is 0.223. The lowest BCUT2D eigenvalue weighted by molar-refractivity contribution is -0.189. The van der Waals surface area contributed by atoms with Gasteiger partial charge in [0.25, 0.3) is 0 Å². The van der Waals surface area contributed by atoms with Crippen molar-refractivity contribution in [1.29, 1.82) is 0 Å². The number of rotatable bonds is 7. The van der Waals surface area contributed by atoms with Gasteiger partial charge in [-0.2, -0.15) is 8.78 Å². The minimum Gasteiger partial charge on any atom is -0.494 e. The van der Waals surface area contributed by atoms with E-state index in [1.54, 1.807) is 31.2 Å². The maximum Gasteiger partial charge on any atom is 0.432 e. The van der Waals surface area contributed by atoms with Crippen molar-refractivity contribution in [2.75, 3.05) is 6.61 Å². The Morgan fingerprint density at radius 2 is 1.35 bits per heavy atom. The molecular formula is C35H21F9O2. The minimum atomic E-state index is -4.78. The van der Waals surface area contributed by atoms with Gasteiger partial charge in [-0.15, -0.1) is 0 Å². The maximum absolute atomic E-state index is 15.1. The number of benzene rings is 5. The molecule has 5 rings (SSSR count). The molecule has 0 amide bonds. The second kappa shape index (κ2) is 12.7. The number of ether oxygens (including phenoxy) is 2. The molecule has 11 heteroatoms. The third-order valence-electron chi connectivity index (χ3n) is 6.87. The van der Waals surface area contributed by atoms with Crippen molar-refractivity contribution in [2.24, 2.45) is 0 Å². The molecule has 0 bridgehead atoms. The smallest absolute Gasteiger partial charge is 0.432 e. The largest absolute Gasteiger partial charge is 0.494 e. The van der Waals surface area contributed by atoms with Gasteiger partial charge < -0.3 is 9.47 Å². The van der Waals surface area contributed by atoms with Gasteiger partial charge in [-0.05, 0) is 90.5 Å². The number of hydrogen-bond donors (Lipinski definition) is 0. The third-order valence-corrected chi connectivity index (χ3v) is 6.87. The molecule has 0 atom stereocenters. The Labute approximate surface area is 257 Å². The number of alkyl halides is 2. The molecule has 0 unspecified atom stereocenters. The van der Waals surface area contributed by atoms with Gasteiger partial charge in [0, 0.05) is 22.8 Å². The topological polar surface area (TPSA) is 18.5 Å². The predicted molar refractivity (Wildman–Crippen MR) is 153 cm³/mol. The lowest BCUT2D eigenvalue weighted by atomic mass is 9.97. The quantitative estimate of drug-likeness (QED) is 0.0998. The van der Waals surface area contributed by atoms with E-state index in [4.69, 9.17) is 4.74 Å². The second-order valence-electron chi connectivity index (χ2n) is 10.2. The van der Waals surface area contributed by atoms with Gasteiger partial charge in [-0.25, -0.2) is 30.7 Å². The highest BCUT2D eigenvalue weighted by Gasteiger charge is 2.41. The van der Waals surface area contributed by atoms with E-state index in [-0.39, 0.29) is 17.2 Å². The second-order valence-corrected chi connectivity index (χ2v) is 10.2. The summed E-state index contributed by atoms with van der Waals surface area (Å²) >= 11 is 0. The molecule has 0 spiro atoms. The Morgan fingerprint density at radius 1 is 0.674 bits per heavy atom. The zero-order valence-electron chi connectivity index (χ0n) is 24.0. The summed E-state index contributed by atoms with van der Waals surface area (Å²) in [5.74, 6) is -6.47. The lowest BCUT2D eigenvalue weighted by Gasteiger charge is -2.20. The van der Waals surface area contributed by atoms with Gasteiger partial charge in [0.15, 0.2) is 17.5 Å². The van der Waals surface area contributed by atoms with E-state index in [2.05, 4.69) is 16.6 Å². The molecule has 0 aromatic heterocycles. The Morgan fingerprint density at radius 3 is 2.00 bits per heavy atom. The van der Waals surface area contributed by atoms with Crippen LogP contribution in [0.2, 0.25) is 0 Å². The van der Waals surface area contributed by atoms with Crippen LogP contribution in [-0.2, 0) is 6.11 Å². The van der Waals surface area contributed by atoms with Crippen LogP contribution in [0.25, 0.3) is 21.9 Å². The van der Waals surface area contributed by atoms with Crippen LogP contribution in [0.4, 0.5) is 39.5 Å². The number of fused-ring (bicyclic) bond motifs is 1. The van der Waals surface area contributed by atoms with Crippen LogP contribution in [0, 0.1) is 59.5 Å². The molecule has 0 fully saturated rings. The fourth-order valence-corrected chi connectivity index (χ4v) is 4.66. The standard InChI is InChI=1S/C35H21F9O2/c1-3-10-45-23-8-5-19(6-9-23)4-7-20-13-26(36)25(11-18(20)2)21-14-28(38)32(29(39)15-21)35(43,44)46-24-12-22-16-30(40)33(41)34(42)31(22)27(37)17-24/h5-6,8-9,11-17H,3,10H2,1-2H3. The monoisotopic (exact) mass is 644 g/mol. The molecule has 0 heterocycles. The molecular weight excluding hydrogens is 623 g/mol. The van der Waals surface area contributed by atoms with E-state index in [1.165, 1.54) is 6.07 Å². The van der Waals surface area contributed by atoms with Gasteiger partial charge in [0.2, 0.25) is 0 Å². The van der Waals surface area contributed by atoms with E-state index in [0.717, 1.165) is 12.5 Å². The van der Waals surface area contributed by atoms with Crippen molar-refractivity contribution >= 4 is 10.8 Å². The molecule has 0 N–H and O–H groups in total. The molecule has 5 aromatic carbocycles. The number of aryl methyl sites for hydroxylation is 1. The lowest BCUT2D eigenvalue weighted by Crippen LogP contribution is -2.25. The van der Waals surface area contributed by atoms with Crippen LogP contribution in [0.3, 0.4) is 0 Å². The predicted octanol–water partition coefficient (Wildman–Crippen LogP) is 10.1. The Balaban J connectivity index is 1.42. The number of hydrogen-bond acceptors (Lipinski definition) is 2. The Hall–Kier alpha value is -5.11. The normalized spacial score (nSPS) is 11.4. The van der Waals surface area contributed by atoms with Crippen LogP contribution in [0.5, 0.6) is 11.5 Å². The van der Waals surface area contributed by atoms with Gasteiger partial charge in [0.1, 0.15) is 40.3 Å². The van der Waals surface area contributed by atoms with E-state index in [1.807, 2.05) is 6.92 Å². The highest BCUT2D eigenvalue weighted by Crippen LogP contribution is 2.39. The molecule has 0 aliphatic carbocycles. The van der Waals surface area contributed by atoms with E-state index >= 15 is 22.0 Å². The summed E-state index contributed by atoms with van der Waals surface area (Å²) in [6.45, 7) is 4.11. The van der Waals surface area contributed by atoms with E-state index in [9.17, 15) is 17.6 Å². The van der Waals surface area contributed by atoms with E-state index in [0.29, 0.717) is 47.7 Å². The first kappa shape index (κ1) is 32.3. The van der Waals surface area contributed by atoms with Crippen LogP contribution >= 0.6 is 0 Å². The van der Waals surface area contributed by atoms with Crippen LogP contribution in [0.15, 0.2) is 66.7 Å². The van der Waals surface area contributed by atoms with Crippen molar-refractivity contribution in [3.63, 3.8) is 0 Å². The molecule has 5 aromatic rings. The molecule has 0 saturated carbocycles. The SMILES string of the molecule is CCCOc1ccc(C#Cc2cc(F)c(-c3cc(F)c(C(F)(F)Oc4cc(F)c5c(F)c(F)c(F)cc5c4)c(F)c3)cc2C)cc1. The van der Waals surface area contributed by atoms with Crippen molar-refractivity contribution < 1.29 is 49.0 Å². The molecule has 2 nitrogen and oxygen atoms in total. The molecule has 0 radical (unpaired) electrons. The molecule has 0 saturated heterocycles. The van der Waals surface area contributed by atoms with Gasteiger partial charge in [-0.1, -0.05) is 18.8 Å². The first-order chi connectivity index (χ1) is 21.8. The highest BCUT2D eigenvalue weighted by atomic mass is 19.3. The van der Waals surface area contributed by atoms with Crippen molar-refractivity contribution in [3.05, 3.63) is 130 Å². The molecule has 46 heavy (non-hydrogen) atoms. The highest BCUT2D eigenvalue weighted by molar-refractivity contribution is 5.85. The maximum atomic E-state index is 15.1. The fraction of sp³-hybridized carbons (Fsp3) is 0.143. The Bertz CT molecular complexity index is 2000. The first-order valence-corrected chi connectivity index (χ1v) is 13.7. The van der Waals surface area contributed by atoms with Gasteiger partial charge in [0.05, 0.1) is 12.0 Å². The molecule has 0 aliphatic rings. The fourth-order valence-electron chi connectivity index (χ4n) is 4.66. The summed E-state index contributed by atoms with van der Waals surface area (Å²) in [5.41, 5.74) is -1.29. The summed E-state index contributed by atoms with van der Waals surface area (Å²) in [4.78, 5) is 0. The molecule has 0 aliphatic heterocycles. The van der Waals surface area contributed by atoms with Gasteiger partial charge >= 0.3 is 6.11 Å². The van der Waals surface area contributed by atoms with Gasteiger partial charge in [-0.3, -0.25) is 0 Å². The zero-order chi connectivity index (χ0) is 33.3. The average Bonchev–Trinajstić information content (AvgIpc) is 2.98. The van der Waals surface area contributed by atoms with Crippen molar-refractivity contribution in [1.82, 2.24) is 0 Å². The number of halogens is 9. The summed E-state index contributed by atoms with van der Waals surface area (Å²) in [7, 11) is 0. The van der Waals surface area contributed by atoms with Crippen LogP contribution in [-0.4, -0.2) is 6.61 Å². The first-order valence-electron chi connectivity index (χ1n) is 13.7. The van der Waals surface area contributed by atoms with Crippen LogP contribution < -0.4 is 9.47 Å².